The second-order valence-electron chi connectivity index (χ2n) is 7.52. The smallest absolute Gasteiger partial charge is 0.242 e. The van der Waals surface area contributed by atoms with Crippen molar-refractivity contribution >= 4 is 29.0 Å². The first-order chi connectivity index (χ1) is 14.5. The minimum Gasteiger partial charge on any atom is -0.491 e. The van der Waals surface area contributed by atoms with Crippen molar-refractivity contribution in [2.75, 3.05) is 49.1 Å². The number of fused-ring (bicyclic) bond motifs is 1. The standard InChI is InChI=1S/C23H25N3O4/c1-17(27)18-6-8-19(9-7-18)24-11-13-25(14-12-24)23(29)16-26-20-4-2-3-5-21(20)30-15-10-22(26)28/h2-9H,10-16H2,1H3. The maximum Gasteiger partial charge on any atom is 0.242 e. The zero-order valence-corrected chi connectivity index (χ0v) is 17.0. The third kappa shape index (κ3) is 4.15. The first kappa shape index (κ1) is 19.9. The number of rotatable bonds is 4. The summed E-state index contributed by atoms with van der Waals surface area (Å²) in [6.07, 6.45) is 0.256. The van der Waals surface area contributed by atoms with Gasteiger partial charge in [0.15, 0.2) is 5.78 Å². The molecular weight excluding hydrogens is 382 g/mol. The molecule has 7 heteroatoms. The van der Waals surface area contributed by atoms with Crippen molar-refractivity contribution in [1.82, 2.24) is 4.90 Å². The lowest BCUT2D eigenvalue weighted by Crippen LogP contribution is -2.52. The number of carbonyl (C=O) groups is 3. The summed E-state index contributed by atoms with van der Waals surface area (Å²) in [5.74, 6) is 0.520. The van der Waals surface area contributed by atoms with Gasteiger partial charge < -0.3 is 14.5 Å². The number of hydrogen-bond acceptors (Lipinski definition) is 5. The van der Waals surface area contributed by atoms with E-state index in [-0.39, 0.29) is 30.6 Å². The van der Waals surface area contributed by atoms with Gasteiger partial charge in [0.05, 0.1) is 18.7 Å². The molecule has 0 spiro atoms. The summed E-state index contributed by atoms with van der Waals surface area (Å²) >= 11 is 0. The van der Waals surface area contributed by atoms with Gasteiger partial charge in [-0.3, -0.25) is 19.3 Å². The minimum absolute atomic E-state index is 0.0204. The van der Waals surface area contributed by atoms with Crippen molar-refractivity contribution in [3.63, 3.8) is 0 Å². The lowest BCUT2D eigenvalue weighted by atomic mass is 10.1. The average molecular weight is 407 g/mol. The zero-order valence-electron chi connectivity index (χ0n) is 17.0. The molecule has 2 heterocycles. The number of piperazine rings is 1. The number of carbonyl (C=O) groups excluding carboxylic acids is 3. The Hall–Kier alpha value is -3.35. The van der Waals surface area contributed by atoms with Crippen molar-refractivity contribution in [1.29, 1.82) is 0 Å². The van der Waals surface area contributed by atoms with Gasteiger partial charge >= 0.3 is 0 Å². The van der Waals surface area contributed by atoms with Crippen molar-refractivity contribution < 1.29 is 19.1 Å². The molecule has 1 saturated heterocycles. The molecule has 2 aliphatic rings. The van der Waals surface area contributed by atoms with Crippen molar-refractivity contribution in [3.8, 4) is 5.75 Å². The molecule has 0 unspecified atom stereocenters. The van der Waals surface area contributed by atoms with Crippen LogP contribution in [0.1, 0.15) is 23.7 Å². The van der Waals surface area contributed by atoms with E-state index in [0.29, 0.717) is 49.8 Å². The van der Waals surface area contributed by atoms with Gasteiger partial charge in [0.1, 0.15) is 12.3 Å². The summed E-state index contributed by atoms with van der Waals surface area (Å²) in [6.45, 7) is 4.49. The first-order valence-corrected chi connectivity index (χ1v) is 10.2. The lowest BCUT2D eigenvalue weighted by molar-refractivity contribution is -0.131. The van der Waals surface area contributed by atoms with Gasteiger partial charge in [0.2, 0.25) is 11.8 Å². The fourth-order valence-corrected chi connectivity index (χ4v) is 3.85. The average Bonchev–Trinajstić information content (AvgIpc) is 2.93. The van der Waals surface area contributed by atoms with Crippen LogP contribution in [-0.2, 0) is 9.59 Å². The molecule has 2 amide bonds. The predicted octanol–water partition coefficient (Wildman–Crippen LogP) is 2.35. The maximum absolute atomic E-state index is 12.9. The summed E-state index contributed by atoms with van der Waals surface area (Å²) in [5.41, 5.74) is 2.39. The van der Waals surface area contributed by atoms with Gasteiger partial charge in [-0.1, -0.05) is 12.1 Å². The molecule has 0 aliphatic carbocycles. The van der Waals surface area contributed by atoms with Crippen molar-refractivity contribution in [2.45, 2.75) is 13.3 Å². The Morgan fingerprint density at radius 1 is 0.967 bits per heavy atom. The van der Waals surface area contributed by atoms with E-state index in [2.05, 4.69) is 4.90 Å². The van der Waals surface area contributed by atoms with Crippen LogP contribution in [0.15, 0.2) is 48.5 Å². The van der Waals surface area contributed by atoms with Gasteiger partial charge in [0.25, 0.3) is 0 Å². The summed E-state index contributed by atoms with van der Waals surface area (Å²) in [7, 11) is 0. The van der Waals surface area contributed by atoms with E-state index in [1.54, 1.807) is 6.92 Å². The van der Waals surface area contributed by atoms with Crippen LogP contribution in [0, 0.1) is 0 Å². The molecule has 156 valence electrons. The second-order valence-corrected chi connectivity index (χ2v) is 7.52. The monoisotopic (exact) mass is 407 g/mol. The Bertz CT molecular complexity index is 949. The molecule has 30 heavy (non-hydrogen) atoms. The first-order valence-electron chi connectivity index (χ1n) is 10.2. The Balaban J connectivity index is 1.39. The van der Waals surface area contributed by atoms with Crippen LogP contribution < -0.4 is 14.5 Å². The number of amides is 2. The van der Waals surface area contributed by atoms with Crippen LogP contribution in [0.25, 0.3) is 0 Å². The topological polar surface area (TPSA) is 70.2 Å². The summed E-state index contributed by atoms with van der Waals surface area (Å²) < 4.78 is 5.65. The molecular formula is C23H25N3O4. The molecule has 2 aromatic carbocycles. The maximum atomic E-state index is 12.9. The van der Waals surface area contributed by atoms with E-state index in [9.17, 15) is 14.4 Å². The SMILES string of the molecule is CC(=O)c1ccc(N2CCN(C(=O)CN3C(=O)CCOc4ccccc43)CC2)cc1. The molecule has 7 nitrogen and oxygen atoms in total. The van der Waals surface area contributed by atoms with Crippen LogP contribution in [0.2, 0.25) is 0 Å². The highest BCUT2D eigenvalue weighted by Gasteiger charge is 2.28. The van der Waals surface area contributed by atoms with Gasteiger partial charge in [-0.2, -0.15) is 0 Å². The Morgan fingerprint density at radius 3 is 2.37 bits per heavy atom. The fourth-order valence-electron chi connectivity index (χ4n) is 3.85. The summed E-state index contributed by atoms with van der Waals surface area (Å²) in [5, 5.41) is 0. The Kier molecular flexibility index (Phi) is 5.70. The number of hydrogen-bond donors (Lipinski definition) is 0. The number of Topliss-reactive ketones (excluding diaryl/α,β-unsaturated/α-hetero) is 1. The number of ketones is 1. The molecule has 0 N–H and O–H groups in total. The van der Waals surface area contributed by atoms with E-state index in [4.69, 9.17) is 4.74 Å². The van der Waals surface area contributed by atoms with Crippen LogP contribution in [0.4, 0.5) is 11.4 Å². The summed E-state index contributed by atoms with van der Waals surface area (Å²) in [6, 6.07) is 14.9. The van der Waals surface area contributed by atoms with Gasteiger partial charge in [-0.05, 0) is 43.3 Å². The van der Waals surface area contributed by atoms with Gasteiger partial charge in [0, 0.05) is 37.4 Å². The third-order valence-electron chi connectivity index (χ3n) is 5.60. The van der Waals surface area contributed by atoms with Crippen LogP contribution in [-0.4, -0.2) is 61.8 Å². The predicted molar refractivity (Wildman–Crippen MR) is 114 cm³/mol. The molecule has 0 radical (unpaired) electrons. The van der Waals surface area contributed by atoms with E-state index in [0.717, 1.165) is 5.69 Å². The van der Waals surface area contributed by atoms with Gasteiger partial charge in [-0.15, -0.1) is 0 Å². The van der Waals surface area contributed by atoms with E-state index in [1.807, 2.05) is 53.4 Å². The highest BCUT2D eigenvalue weighted by Crippen LogP contribution is 2.31. The zero-order chi connectivity index (χ0) is 21.1. The second kappa shape index (κ2) is 8.57. The van der Waals surface area contributed by atoms with E-state index < -0.39 is 0 Å². The fraction of sp³-hybridized carbons (Fsp3) is 0.348. The molecule has 4 rings (SSSR count). The molecule has 0 bridgehead atoms. The van der Waals surface area contributed by atoms with Crippen molar-refractivity contribution in [2.24, 2.45) is 0 Å². The summed E-state index contributed by atoms with van der Waals surface area (Å²) in [4.78, 5) is 42.5. The number of nitrogens with zero attached hydrogens (tertiary/aromatic N) is 3. The highest BCUT2D eigenvalue weighted by atomic mass is 16.5. The van der Waals surface area contributed by atoms with E-state index >= 15 is 0 Å². The molecule has 2 aliphatic heterocycles. The Labute approximate surface area is 175 Å². The molecule has 0 atom stereocenters. The third-order valence-corrected chi connectivity index (χ3v) is 5.60. The number of benzene rings is 2. The highest BCUT2D eigenvalue weighted by molar-refractivity contribution is 6.00. The number of ether oxygens (including phenoxy) is 1. The van der Waals surface area contributed by atoms with Crippen molar-refractivity contribution in [3.05, 3.63) is 54.1 Å². The molecule has 0 saturated carbocycles. The number of para-hydroxylation sites is 2. The van der Waals surface area contributed by atoms with Crippen LogP contribution in [0.3, 0.4) is 0 Å². The minimum atomic E-state index is -0.0995. The molecule has 1 fully saturated rings. The van der Waals surface area contributed by atoms with Gasteiger partial charge in [-0.25, -0.2) is 0 Å². The van der Waals surface area contributed by atoms with E-state index in [1.165, 1.54) is 4.90 Å². The largest absolute Gasteiger partial charge is 0.491 e. The lowest BCUT2D eigenvalue weighted by Gasteiger charge is -2.37. The Morgan fingerprint density at radius 2 is 1.67 bits per heavy atom. The van der Waals surface area contributed by atoms with Crippen LogP contribution >= 0.6 is 0 Å². The molecule has 2 aromatic rings. The normalized spacial score (nSPS) is 16.6. The van der Waals surface area contributed by atoms with Crippen LogP contribution in [0.5, 0.6) is 5.75 Å². The quantitative estimate of drug-likeness (QED) is 0.728. The number of anilines is 2. The molecule has 0 aromatic heterocycles.